The molecule has 1 amide bonds. The van der Waals surface area contributed by atoms with Gasteiger partial charge in [-0.05, 0) is 46.9 Å². The maximum absolute atomic E-state index is 13.2. The van der Waals surface area contributed by atoms with Crippen LogP contribution in [0.5, 0.6) is 0 Å². The molecule has 1 unspecified atom stereocenters. The molecule has 1 N–H and O–H groups in total. The highest BCUT2D eigenvalue weighted by Crippen LogP contribution is 2.43. The summed E-state index contributed by atoms with van der Waals surface area (Å²) in [6.45, 7) is 4.26. The molecule has 1 atom stereocenters. The molecule has 4 rings (SSSR count). The summed E-state index contributed by atoms with van der Waals surface area (Å²) in [5, 5.41) is 16.0. The van der Waals surface area contributed by atoms with E-state index in [1.54, 1.807) is 5.56 Å². The molecule has 2 aromatic carbocycles. The van der Waals surface area contributed by atoms with Crippen LogP contribution in [-0.4, -0.2) is 30.2 Å². The minimum atomic E-state index is -0.0431. The Bertz CT molecular complexity index is 838. The first-order valence-electron chi connectivity index (χ1n) is 11.0. The number of fused-ring (bicyclic) bond motifs is 1. The molecule has 0 aromatic heterocycles. The van der Waals surface area contributed by atoms with Gasteiger partial charge in [-0.1, -0.05) is 48.5 Å². The molecule has 0 saturated carbocycles. The number of rotatable bonds is 6. The van der Waals surface area contributed by atoms with E-state index in [0.29, 0.717) is 24.9 Å². The Labute approximate surface area is 174 Å². The van der Waals surface area contributed by atoms with E-state index in [-0.39, 0.29) is 10.6 Å². The Hall–Kier alpha value is -2.17. The second-order valence-electron chi connectivity index (χ2n) is 8.89. The maximum atomic E-state index is 13.2. The summed E-state index contributed by atoms with van der Waals surface area (Å²) in [4.78, 5) is 11.0. The molecule has 1 heterocycles. The SMILES string of the molecule is CC(=O)NCc1ccc(CC[N+]2([O-])CCC(C3CCc4ccccc43)CC2)cc1. The van der Waals surface area contributed by atoms with E-state index < -0.39 is 0 Å². The molecule has 1 fully saturated rings. The van der Waals surface area contributed by atoms with Crippen LogP contribution in [0.3, 0.4) is 0 Å². The van der Waals surface area contributed by atoms with Crippen molar-refractivity contribution < 1.29 is 9.44 Å². The number of amides is 1. The molecular weight excluding hydrogens is 360 g/mol. The lowest BCUT2D eigenvalue weighted by molar-refractivity contribution is -0.886. The molecule has 0 bridgehead atoms. The van der Waals surface area contributed by atoms with Crippen molar-refractivity contribution in [2.45, 2.75) is 51.5 Å². The highest BCUT2D eigenvalue weighted by Gasteiger charge is 2.35. The molecule has 1 aliphatic carbocycles. The highest BCUT2D eigenvalue weighted by atomic mass is 16.5. The second-order valence-corrected chi connectivity index (χ2v) is 8.89. The lowest BCUT2D eigenvalue weighted by Crippen LogP contribution is -2.49. The molecule has 0 spiro atoms. The van der Waals surface area contributed by atoms with Crippen molar-refractivity contribution in [2.75, 3.05) is 19.6 Å². The number of nitrogens with one attached hydrogen (secondary N) is 1. The summed E-state index contributed by atoms with van der Waals surface area (Å²) in [5.41, 5.74) is 5.36. The zero-order chi connectivity index (χ0) is 20.3. The van der Waals surface area contributed by atoms with E-state index in [0.717, 1.165) is 37.9 Å². The number of benzene rings is 2. The maximum Gasteiger partial charge on any atom is 0.217 e. The Morgan fingerprint density at radius 1 is 1.03 bits per heavy atom. The normalized spacial score (nSPS) is 26.1. The van der Waals surface area contributed by atoms with Gasteiger partial charge in [0.25, 0.3) is 0 Å². The van der Waals surface area contributed by atoms with Gasteiger partial charge in [0.1, 0.15) is 0 Å². The van der Waals surface area contributed by atoms with Crippen molar-refractivity contribution in [1.82, 2.24) is 5.32 Å². The average molecular weight is 393 g/mol. The number of aryl methyl sites for hydroxylation is 1. The first-order valence-corrected chi connectivity index (χ1v) is 11.0. The Kier molecular flexibility index (Phi) is 6.02. The van der Waals surface area contributed by atoms with Crippen LogP contribution in [0.25, 0.3) is 0 Å². The first kappa shape index (κ1) is 20.1. The number of piperidine rings is 1. The lowest BCUT2D eigenvalue weighted by atomic mass is 9.80. The van der Waals surface area contributed by atoms with Gasteiger partial charge < -0.3 is 15.2 Å². The van der Waals surface area contributed by atoms with Crippen LogP contribution in [0, 0.1) is 11.1 Å². The summed E-state index contributed by atoms with van der Waals surface area (Å²) in [5.74, 6) is 1.32. The zero-order valence-corrected chi connectivity index (χ0v) is 17.4. The van der Waals surface area contributed by atoms with Crippen LogP contribution >= 0.6 is 0 Å². The number of carbonyl (C=O) groups is 1. The number of hydrogen-bond acceptors (Lipinski definition) is 2. The molecule has 4 nitrogen and oxygen atoms in total. The topological polar surface area (TPSA) is 52.2 Å². The van der Waals surface area contributed by atoms with Crippen LogP contribution in [-0.2, 0) is 24.2 Å². The highest BCUT2D eigenvalue weighted by molar-refractivity contribution is 5.72. The second kappa shape index (κ2) is 8.68. The van der Waals surface area contributed by atoms with Crippen LogP contribution in [0.15, 0.2) is 48.5 Å². The summed E-state index contributed by atoms with van der Waals surface area (Å²) < 4.78 is -0.0431. The number of hydrogen-bond donors (Lipinski definition) is 1. The fourth-order valence-electron chi connectivity index (χ4n) is 5.15. The third-order valence-corrected chi connectivity index (χ3v) is 6.94. The van der Waals surface area contributed by atoms with Gasteiger partial charge in [0.05, 0.1) is 19.6 Å². The predicted molar refractivity (Wildman–Crippen MR) is 116 cm³/mol. The molecule has 1 aliphatic heterocycles. The molecule has 2 aromatic rings. The largest absolute Gasteiger partial charge is 0.633 e. The van der Waals surface area contributed by atoms with E-state index in [2.05, 4.69) is 41.7 Å². The van der Waals surface area contributed by atoms with Crippen molar-refractivity contribution in [1.29, 1.82) is 0 Å². The summed E-state index contributed by atoms with van der Waals surface area (Å²) in [6, 6.07) is 17.2. The van der Waals surface area contributed by atoms with Gasteiger partial charge >= 0.3 is 0 Å². The monoisotopic (exact) mass is 392 g/mol. The third kappa shape index (κ3) is 4.88. The predicted octanol–water partition coefficient (Wildman–Crippen LogP) is 4.32. The molecule has 4 heteroatoms. The summed E-state index contributed by atoms with van der Waals surface area (Å²) in [7, 11) is 0. The smallest absolute Gasteiger partial charge is 0.217 e. The van der Waals surface area contributed by atoms with Gasteiger partial charge in [-0.15, -0.1) is 0 Å². The van der Waals surface area contributed by atoms with Gasteiger partial charge in [-0.25, -0.2) is 0 Å². The standard InChI is InChI=1S/C25H32N2O2/c1-19(28)26-18-21-8-6-20(7-9-21)12-15-27(29)16-13-23(14-17-27)25-11-10-22-4-2-3-5-24(22)25/h2-9,23,25H,10-18H2,1H3,(H,26,28). The third-order valence-electron chi connectivity index (χ3n) is 6.94. The van der Waals surface area contributed by atoms with Gasteiger partial charge in [-0.3, -0.25) is 4.79 Å². The average Bonchev–Trinajstić information content (AvgIpc) is 3.16. The summed E-state index contributed by atoms with van der Waals surface area (Å²) in [6.07, 6.45) is 5.39. The van der Waals surface area contributed by atoms with Crippen molar-refractivity contribution in [3.63, 3.8) is 0 Å². The van der Waals surface area contributed by atoms with E-state index >= 15 is 0 Å². The number of nitrogens with zero attached hydrogens (tertiary/aromatic N) is 1. The van der Waals surface area contributed by atoms with Gasteiger partial charge in [-0.2, -0.15) is 0 Å². The van der Waals surface area contributed by atoms with Crippen LogP contribution in [0.1, 0.15) is 54.4 Å². The molecule has 2 aliphatic rings. The number of carbonyl (C=O) groups excluding carboxylic acids is 1. The van der Waals surface area contributed by atoms with E-state index in [9.17, 15) is 10.0 Å². The van der Waals surface area contributed by atoms with Crippen LogP contribution in [0.4, 0.5) is 0 Å². The molecule has 154 valence electrons. The summed E-state index contributed by atoms with van der Waals surface area (Å²) >= 11 is 0. The molecule has 1 saturated heterocycles. The quantitative estimate of drug-likeness (QED) is 0.588. The van der Waals surface area contributed by atoms with E-state index in [1.165, 1.54) is 30.9 Å². The van der Waals surface area contributed by atoms with E-state index in [4.69, 9.17) is 0 Å². The number of likely N-dealkylation sites (tertiary alicyclic amines) is 1. The zero-order valence-electron chi connectivity index (χ0n) is 17.4. The fraction of sp³-hybridized carbons (Fsp3) is 0.480. The van der Waals surface area contributed by atoms with Gasteiger partial charge in [0.2, 0.25) is 5.91 Å². The Balaban J connectivity index is 1.27. The number of quaternary nitrogens is 1. The van der Waals surface area contributed by atoms with Crippen LogP contribution < -0.4 is 5.32 Å². The first-order chi connectivity index (χ1) is 14.0. The molecular formula is C25H32N2O2. The van der Waals surface area contributed by atoms with Crippen molar-refractivity contribution in [3.8, 4) is 0 Å². The molecule has 29 heavy (non-hydrogen) atoms. The van der Waals surface area contributed by atoms with Crippen LogP contribution in [0.2, 0.25) is 0 Å². The lowest BCUT2D eigenvalue weighted by Gasteiger charge is -2.48. The van der Waals surface area contributed by atoms with E-state index in [1.807, 2.05) is 12.1 Å². The van der Waals surface area contributed by atoms with Crippen molar-refractivity contribution in [2.24, 2.45) is 5.92 Å². The van der Waals surface area contributed by atoms with Gasteiger partial charge in [0.15, 0.2) is 0 Å². The Morgan fingerprint density at radius 2 is 1.72 bits per heavy atom. The molecule has 0 radical (unpaired) electrons. The minimum absolute atomic E-state index is 0.0173. The fourth-order valence-corrected chi connectivity index (χ4v) is 5.15. The minimum Gasteiger partial charge on any atom is -0.633 e. The van der Waals surface area contributed by atoms with Gasteiger partial charge in [0, 0.05) is 32.7 Å². The van der Waals surface area contributed by atoms with Crippen molar-refractivity contribution >= 4 is 5.91 Å². The number of hydroxylamine groups is 3. The Morgan fingerprint density at radius 3 is 2.45 bits per heavy atom. The van der Waals surface area contributed by atoms with Crippen molar-refractivity contribution in [3.05, 3.63) is 76.0 Å².